The van der Waals surface area contributed by atoms with Gasteiger partial charge in [-0.15, -0.1) is 0 Å². The number of hydrogen-bond acceptors (Lipinski definition) is 12. The molecule has 0 spiro atoms. The summed E-state index contributed by atoms with van der Waals surface area (Å²) < 4.78 is 38.8. The number of methoxy groups -OCH3 is 4. The van der Waals surface area contributed by atoms with Crippen LogP contribution in [0.15, 0.2) is 72.8 Å². The zero-order valence-corrected chi connectivity index (χ0v) is 31.6. The maximum atomic E-state index is 13.7. The molecule has 0 radical (unpaired) electrons. The predicted molar refractivity (Wildman–Crippen MR) is 199 cm³/mol. The fourth-order valence-corrected chi connectivity index (χ4v) is 5.78. The van der Waals surface area contributed by atoms with Crippen LogP contribution < -0.4 is 18.9 Å². The second kappa shape index (κ2) is 19.2. The van der Waals surface area contributed by atoms with Crippen LogP contribution in [-0.4, -0.2) is 76.1 Å². The molecular formula is C42H46O12. The quantitative estimate of drug-likeness (QED) is 0.0627. The van der Waals surface area contributed by atoms with E-state index in [4.69, 9.17) is 33.2 Å². The SMILES string of the molecule is CCc1cc(C(=O)OC(COC(=O)c2ccc(OC)c(OC)c2)C(CCC(=O)c2ccc(OC)c(O)c2)OC(=O)c2ccc(CC)c(OC)c2)ccc1C. The van der Waals surface area contributed by atoms with Crippen molar-refractivity contribution >= 4 is 23.7 Å². The van der Waals surface area contributed by atoms with Gasteiger partial charge in [0.05, 0.1) is 45.1 Å². The summed E-state index contributed by atoms with van der Waals surface area (Å²) in [6.45, 7) is 5.30. The molecule has 0 aliphatic carbocycles. The summed E-state index contributed by atoms with van der Waals surface area (Å²) in [4.78, 5) is 54.2. The topological polar surface area (TPSA) is 153 Å². The van der Waals surface area contributed by atoms with Crippen LogP contribution in [0.2, 0.25) is 0 Å². The molecule has 4 aromatic carbocycles. The Hall–Kier alpha value is -6.04. The molecule has 0 aliphatic heterocycles. The van der Waals surface area contributed by atoms with Gasteiger partial charge in [0.15, 0.2) is 34.9 Å². The minimum absolute atomic E-state index is 0.120. The van der Waals surface area contributed by atoms with E-state index in [2.05, 4.69) is 0 Å². The number of esters is 3. The van der Waals surface area contributed by atoms with Crippen LogP contribution in [0.5, 0.6) is 28.7 Å². The van der Waals surface area contributed by atoms with Crippen molar-refractivity contribution in [2.75, 3.05) is 35.0 Å². The molecule has 0 amide bonds. The van der Waals surface area contributed by atoms with Crippen molar-refractivity contribution in [1.29, 1.82) is 0 Å². The number of phenols is 1. The lowest BCUT2D eigenvalue weighted by Crippen LogP contribution is -2.40. The zero-order chi connectivity index (χ0) is 39.4. The summed E-state index contributed by atoms with van der Waals surface area (Å²) in [7, 11) is 5.77. The predicted octanol–water partition coefficient (Wildman–Crippen LogP) is 7.13. The van der Waals surface area contributed by atoms with Crippen molar-refractivity contribution in [1.82, 2.24) is 0 Å². The molecular weight excluding hydrogens is 696 g/mol. The van der Waals surface area contributed by atoms with E-state index in [1.165, 1.54) is 58.8 Å². The van der Waals surface area contributed by atoms with Crippen LogP contribution in [0.25, 0.3) is 0 Å². The number of benzene rings is 4. The van der Waals surface area contributed by atoms with Crippen molar-refractivity contribution < 1.29 is 57.4 Å². The highest BCUT2D eigenvalue weighted by Gasteiger charge is 2.33. The lowest BCUT2D eigenvalue weighted by atomic mass is 10.0. The number of carbonyl (C=O) groups is 4. The number of ketones is 1. The van der Waals surface area contributed by atoms with Gasteiger partial charge < -0.3 is 38.3 Å². The standard InChI is InChI=1S/C42H46O12/c1-8-26-12-13-31(22-37(26)50-6)42(47)53-36(19-16-32(43)28-14-17-34(48-4)33(44)21-28)39(54-41(46)29-11-10-25(3)27(9-2)20-29)24-52-40(45)30-15-18-35(49-5)38(23-30)51-7/h10-15,17-18,20-23,36,39,44H,8-9,16,19,24H2,1-7H3. The molecule has 54 heavy (non-hydrogen) atoms. The van der Waals surface area contributed by atoms with Gasteiger partial charge in [-0.05, 0) is 104 Å². The number of rotatable bonds is 18. The highest BCUT2D eigenvalue weighted by atomic mass is 16.6. The Morgan fingerprint density at radius 3 is 1.74 bits per heavy atom. The number of hydrogen-bond donors (Lipinski definition) is 1. The number of aryl methyl sites for hydroxylation is 3. The minimum atomic E-state index is -1.37. The molecule has 1 N–H and O–H groups in total. The average molecular weight is 743 g/mol. The monoisotopic (exact) mass is 742 g/mol. The van der Waals surface area contributed by atoms with Crippen molar-refractivity contribution in [3.05, 3.63) is 112 Å². The van der Waals surface area contributed by atoms with Crippen LogP contribution in [-0.2, 0) is 27.1 Å². The second-order valence-corrected chi connectivity index (χ2v) is 12.3. The normalized spacial score (nSPS) is 11.8. The lowest BCUT2D eigenvalue weighted by molar-refractivity contribution is -0.0599. The Bertz CT molecular complexity index is 1970. The van der Waals surface area contributed by atoms with E-state index in [1.54, 1.807) is 42.5 Å². The molecule has 0 fully saturated rings. The second-order valence-electron chi connectivity index (χ2n) is 12.3. The third-order valence-electron chi connectivity index (χ3n) is 8.96. The molecule has 0 saturated carbocycles. The summed E-state index contributed by atoms with van der Waals surface area (Å²) in [6.07, 6.45) is -1.69. The van der Waals surface area contributed by atoms with E-state index in [-0.39, 0.29) is 46.6 Å². The van der Waals surface area contributed by atoms with Gasteiger partial charge >= 0.3 is 17.9 Å². The first kappa shape index (κ1) is 40.7. The molecule has 12 nitrogen and oxygen atoms in total. The van der Waals surface area contributed by atoms with Gasteiger partial charge in [0.25, 0.3) is 0 Å². The fourth-order valence-electron chi connectivity index (χ4n) is 5.78. The van der Waals surface area contributed by atoms with Gasteiger partial charge in [0.2, 0.25) is 0 Å². The highest BCUT2D eigenvalue weighted by Crippen LogP contribution is 2.30. The minimum Gasteiger partial charge on any atom is -0.504 e. The number of ether oxygens (including phenoxy) is 7. The molecule has 0 bridgehead atoms. The fraction of sp³-hybridized carbons (Fsp3) is 0.333. The van der Waals surface area contributed by atoms with Crippen LogP contribution >= 0.6 is 0 Å². The summed E-state index contributed by atoms with van der Waals surface area (Å²) in [5.74, 6) is -1.59. The van der Waals surface area contributed by atoms with Crippen LogP contribution in [0.4, 0.5) is 0 Å². The van der Waals surface area contributed by atoms with Crippen LogP contribution in [0, 0.1) is 6.92 Å². The summed E-state index contributed by atoms with van der Waals surface area (Å²) in [5, 5.41) is 10.3. The van der Waals surface area contributed by atoms with E-state index < -0.39 is 42.5 Å². The largest absolute Gasteiger partial charge is 0.504 e. The first-order chi connectivity index (χ1) is 26.0. The van der Waals surface area contributed by atoms with Crippen molar-refractivity contribution in [2.45, 2.75) is 58.7 Å². The van der Waals surface area contributed by atoms with Crippen molar-refractivity contribution in [3.8, 4) is 28.7 Å². The van der Waals surface area contributed by atoms with Crippen molar-refractivity contribution in [2.24, 2.45) is 0 Å². The number of phenolic OH excluding ortho intramolecular Hbond substituents is 1. The molecule has 2 unspecified atom stereocenters. The van der Waals surface area contributed by atoms with Gasteiger partial charge in [-0.2, -0.15) is 0 Å². The Balaban J connectivity index is 1.71. The first-order valence-corrected chi connectivity index (χ1v) is 17.4. The molecule has 4 rings (SSSR count). The molecule has 12 heteroatoms. The smallest absolute Gasteiger partial charge is 0.338 e. The summed E-state index contributed by atoms with van der Waals surface area (Å²) >= 11 is 0. The number of carbonyl (C=O) groups excluding carboxylic acids is 4. The molecule has 2 atom stereocenters. The van der Waals surface area contributed by atoms with Gasteiger partial charge in [-0.1, -0.05) is 26.0 Å². The Morgan fingerprint density at radius 2 is 1.11 bits per heavy atom. The molecule has 0 aromatic heterocycles. The van der Waals surface area contributed by atoms with Crippen LogP contribution in [0.1, 0.15) is 84.8 Å². The summed E-state index contributed by atoms with van der Waals surface area (Å²) in [6, 6.07) is 18.7. The Labute approximate surface area is 314 Å². The third-order valence-corrected chi connectivity index (χ3v) is 8.96. The Kier molecular flexibility index (Phi) is 14.4. The van der Waals surface area contributed by atoms with E-state index in [9.17, 15) is 24.3 Å². The Morgan fingerprint density at radius 1 is 0.574 bits per heavy atom. The molecule has 0 aliphatic rings. The van der Waals surface area contributed by atoms with Gasteiger partial charge in [0, 0.05) is 12.0 Å². The van der Waals surface area contributed by atoms with Crippen LogP contribution in [0.3, 0.4) is 0 Å². The lowest BCUT2D eigenvalue weighted by Gasteiger charge is -2.27. The van der Waals surface area contributed by atoms with E-state index >= 15 is 0 Å². The number of aromatic hydroxyl groups is 1. The van der Waals surface area contributed by atoms with E-state index in [1.807, 2.05) is 20.8 Å². The molecule has 286 valence electrons. The first-order valence-electron chi connectivity index (χ1n) is 17.4. The summed E-state index contributed by atoms with van der Waals surface area (Å²) in [5.41, 5.74) is 3.49. The van der Waals surface area contributed by atoms with E-state index in [0.717, 1.165) is 16.7 Å². The van der Waals surface area contributed by atoms with Gasteiger partial charge in [-0.3, -0.25) is 4.79 Å². The van der Waals surface area contributed by atoms with Gasteiger partial charge in [0.1, 0.15) is 18.5 Å². The van der Waals surface area contributed by atoms with E-state index in [0.29, 0.717) is 30.1 Å². The van der Waals surface area contributed by atoms with Crippen molar-refractivity contribution in [3.63, 3.8) is 0 Å². The highest BCUT2D eigenvalue weighted by molar-refractivity contribution is 5.97. The third kappa shape index (κ3) is 10.1. The molecule has 4 aromatic rings. The maximum absolute atomic E-state index is 13.7. The average Bonchev–Trinajstić information content (AvgIpc) is 3.19. The van der Waals surface area contributed by atoms with Gasteiger partial charge in [-0.25, -0.2) is 14.4 Å². The maximum Gasteiger partial charge on any atom is 0.338 e. The molecule has 0 heterocycles. The molecule has 0 saturated heterocycles. The number of Topliss-reactive ketones (excluding diaryl/α,β-unsaturated/α-hetero) is 1. The zero-order valence-electron chi connectivity index (χ0n) is 31.6.